The molecule has 4 rings (SSSR count). The molecule has 0 saturated carbocycles. The lowest BCUT2D eigenvalue weighted by Crippen LogP contribution is -2.41. The van der Waals surface area contributed by atoms with Crippen molar-refractivity contribution < 1.29 is 18.7 Å². The van der Waals surface area contributed by atoms with Crippen LogP contribution in [0.4, 0.5) is 10.2 Å². The number of amides is 2. The van der Waals surface area contributed by atoms with Gasteiger partial charge in [0.1, 0.15) is 11.6 Å². The standard InChI is InChI=1S/C31H33FN4O3/c1-3-27(23-11-6-4-7-12-23)31(38)35(19-10-20-39-2)22-30(37)33-29-21-28(24-13-8-5-9-14-24)34-36(29)26-17-15-25(32)16-18-26/h4-9,11-18,21,27H,3,10,19-20,22H2,1-2H3,(H,33,37). The molecule has 7 nitrogen and oxygen atoms in total. The van der Waals surface area contributed by atoms with E-state index < -0.39 is 0 Å². The normalized spacial score (nSPS) is 11.7. The fourth-order valence-corrected chi connectivity index (χ4v) is 4.48. The summed E-state index contributed by atoms with van der Waals surface area (Å²) in [6.07, 6.45) is 1.22. The highest BCUT2D eigenvalue weighted by Gasteiger charge is 2.26. The first kappa shape index (κ1) is 27.7. The van der Waals surface area contributed by atoms with Crippen molar-refractivity contribution in [1.82, 2.24) is 14.7 Å². The first-order valence-corrected chi connectivity index (χ1v) is 13.0. The van der Waals surface area contributed by atoms with Crippen molar-refractivity contribution in [3.63, 3.8) is 0 Å². The van der Waals surface area contributed by atoms with Gasteiger partial charge in [0.25, 0.3) is 0 Å². The number of aromatic nitrogens is 2. The highest BCUT2D eigenvalue weighted by molar-refractivity contribution is 5.95. The Morgan fingerprint density at radius 1 is 1.00 bits per heavy atom. The van der Waals surface area contributed by atoms with Crippen molar-refractivity contribution in [3.8, 4) is 16.9 Å². The van der Waals surface area contributed by atoms with E-state index in [1.807, 2.05) is 67.6 Å². The fraction of sp³-hybridized carbons (Fsp3) is 0.258. The molecule has 1 N–H and O–H groups in total. The van der Waals surface area contributed by atoms with Gasteiger partial charge in [-0.1, -0.05) is 67.6 Å². The summed E-state index contributed by atoms with van der Waals surface area (Å²) in [5.41, 5.74) is 3.04. The summed E-state index contributed by atoms with van der Waals surface area (Å²) in [6.45, 7) is 2.71. The third kappa shape index (κ3) is 7.18. The lowest BCUT2D eigenvalue weighted by molar-refractivity contribution is -0.136. The van der Waals surface area contributed by atoms with Crippen LogP contribution in [0, 0.1) is 5.82 Å². The monoisotopic (exact) mass is 528 g/mol. The Kier molecular flexibility index (Phi) is 9.58. The smallest absolute Gasteiger partial charge is 0.245 e. The number of nitrogens with one attached hydrogen (secondary N) is 1. The van der Waals surface area contributed by atoms with Crippen molar-refractivity contribution >= 4 is 17.6 Å². The molecule has 1 unspecified atom stereocenters. The minimum atomic E-state index is -0.367. The van der Waals surface area contributed by atoms with E-state index in [1.54, 1.807) is 34.9 Å². The number of carbonyl (C=O) groups excluding carboxylic acids is 2. The maximum absolute atomic E-state index is 13.6. The van der Waals surface area contributed by atoms with Gasteiger partial charge in [0.15, 0.2) is 0 Å². The molecule has 1 aromatic heterocycles. The molecule has 0 saturated heterocycles. The minimum Gasteiger partial charge on any atom is -0.385 e. The summed E-state index contributed by atoms with van der Waals surface area (Å²) in [6, 6.07) is 26.8. The summed E-state index contributed by atoms with van der Waals surface area (Å²) < 4.78 is 20.4. The summed E-state index contributed by atoms with van der Waals surface area (Å²) in [5.74, 6) is -0.756. The van der Waals surface area contributed by atoms with Crippen LogP contribution in [0.3, 0.4) is 0 Å². The third-order valence-corrected chi connectivity index (χ3v) is 6.45. The molecular formula is C31H33FN4O3. The molecule has 202 valence electrons. The number of rotatable bonds is 12. The summed E-state index contributed by atoms with van der Waals surface area (Å²) in [4.78, 5) is 28.6. The second-order valence-electron chi connectivity index (χ2n) is 9.19. The number of carbonyl (C=O) groups is 2. The minimum absolute atomic E-state index is 0.105. The molecule has 1 atom stereocenters. The molecule has 0 bridgehead atoms. The Morgan fingerprint density at radius 2 is 1.67 bits per heavy atom. The quantitative estimate of drug-likeness (QED) is 0.240. The van der Waals surface area contributed by atoms with Crippen LogP contribution in [-0.4, -0.2) is 53.3 Å². The molecule has 1 heterocycles. The highest BCUT2D eigenvalue weighted by atomic mass is 19.1. The Labute approximate surface area is 228 Å². The maximum atomic E-state index is 13.6. The van der Waals surface area contributed by atoms with Gasteiger partial charge in [0, 0.05) is 31.9 Å². The number of ether oxygens (including phenoxy) is 1. The third-order valence-electron chi connectivity index (χ3n) is 6.45. The lowest BCUT2D eigenvalue weighted by atomic mass is 9.95. The molecule has 39 heavy (non-hydrogen) atoms. The van der Waals surface area contributed by atoms with E-state index in [0.717, 1.165) is 11.1 Å². The Balaban J connectivity index is 1.59. The van der Waals surface area contributed by atoms with Crippen molar-refractivity contribution in [1.29, 1.82) is 0 Å². The van der Waals surface area contributed by atoms with E-state index in [-0.39, 0.29) is 30.1 Å². The summed E-state index contributed by atoms with van der Waals surface area (Å²) >= 11 is 0. The van der Waals surface area contributed by atoms with Gasteiger partial charge in [-0.05, 0) is 42.7 Å². The largest absolute Gasteiger partial charge is 0.385 e. The zero-order chi connectivity index (χ0) is 27.6. The molecule has 0 fully saturated rings. The van der Waals surface area contributed by atoms with Crippen LogP contribution in [0.15, 0.2) is 91.0 Å². The average Bonchev–Trinajstić information content (AvgIpc) is 3.38. The van der Waals surface area contributed by atoms with E-state index in [1.165, 1.54) is 12.1 Å². The lowest BCUT2D eigenvalue weighted by Gasteiger charge is -2.27. The molecule has 0 aliphatic carbocycles. The number of benzene rings is 3. The number of anilines is 1. The first-order valence-electron chi connectivity index (χ1n) is 13.0. The molecule has 3 aromatic carbocycles. The first-order chi connectivity index (χ1) is 19.0. The van der Waals surface area contributed by atoms with E-state index in [4.69, 9.17) is 4.74 Å². The predicted molar refractivity (Wildman–Crippen MR) is 150 cm³/mol. The van der Waals surface area contributed by atoms with Crippen LogP contribution < -0.4 is 5.32 Å². The van der Waals surface area contributed by atoms with E-state index in [0.29, 0.717) is 43.2 Å². The second kappa shape index (κ2) is 13.5. The van der Waals surface area contributed by atoms with Gasteiger partial charge in [-0.25, -0.2) is 9.07 Å². The van der Waals surface area contributed by atoms with Crippen molar-refractivity contribution in [2.24, 2.45) is 0 Å². The van der Waals surface area contributed by atoms with Gasteiger partial charge in [-0.15, -0.1) is 0 Å². The summed E-state index contributed by atoms with van der Waals surface area (Å²) in [5, 5.41) is 7.60. The Hall–Kier alpha value is -4.30. The molecule has 2 amide bonds. The number of halogens is 1. The molecule has 0 radical (unpaired) electrons. The topological polar surface area (TPSA) is 76.5 Å². The molecule has 4 aromatic rings. The van der Waals surface area contributed by atoms with Crippen LogP contribution in [0.1, 0.15) is 31.2 Å². The Bertz CT molecular complexity index is 1360. The number of hydrogen-bond donors (Lipinski definition) is 1. The zero-order valence-electron chi connectivity index (χ0n) is 22.2. The van der Waals surface area contributed by atoms with Crippen LogP contribution in [-0.2, 0) is 14.3 Å². The molecule has 8 heteroatoms. The van der Waals surface area contributed by atoms with E-state index in [2.05, 4.69) is 10.4 Å². The number of methoxy groups -OCH3 is 1. The van der Waals surface area contributed by atoms with Gasteiger partial charge in [-0.3, -0.25) is 9.59 Å². The van der Waals surface area contributed by atoms with Crippen LogP contribution in [0.5, 0.6) is 0 Å². The maximum Gasteiger partial charge on any atom is 0.245 e. The Morgan fingerprint density at radius 3 is 2.31 bits per heavy atom. The second-order valence-corrected chi connectivity index (χ2v) is 9.19. The van der Waals surface area contributed by atoms with Gasteiger partial charge >= 0.3 is 0 Å². The van der Waals surface area contributed by atoms with Gasteiger partial charge in [-0.2, -0.15) is 5.10 Å². The van der Waals surface area contributed by atoms with E-state index >= 15 is 0 Å². The van der Waals surface area contributed by atoms with Crippen molar-refractivity contribution in [2.75, 3.05) is 32.1 Å². The zero-order valence-corrected chi connectivity index (χ0v) is 22.2. The van der Waals surface area contributed by atoms with Gasteiger partial charge in [0.2, 0.25) is 11.8 Å². The SMILES string of the molecule is CCC(C(=O)N(CCCOC)CC(=O)Nc1cc(-c2ccccc2)nn1-c1ccc(F)cc1)c1ccccc1. The molecule has 0 aliphatic rings. The predicted octanol–water partition coefficient (Wildman–Crippen LogP) is 5.68. The number of nitrogens with zero attached hydrogens (tertiary/aromatic N) is 3. The average molecular weight is 529 g/mol. The summed E-state index contributed by atoms with van der Waals surface area (Å²) in [7, 11) is 1.61. The highest BCUT2D eigenvalue weighted by Crippen LogP contribution is 2.26. The fourth-order valence-electron chi connectivity index (χ4n) is 4.48. The van der Waals surface area contributed by atoms with Crippen LogP contribution in [0.25, 0.3) is 16.9 Å². The molecule has 0 aliphatic heterocycles. The van der Waals surface area contributed by atoms with Crippen LogP contribution in [0.2, 0.25) is 0 Å². The van der Waals surface area contributed by atoms with Gasteiger partial charge in [0.05, 0.1) is 23.8 Å². The number of hydrogen-bond acceptors (Lipinski definition) is 4. The van der Waals surface area contributed by atoms with Crippen LogP contribution >= 0.6 is 0 Å². The molecular weight excluding hydrogens is 495 g/mol. The molecule has 0 spiro atoms. The van der Waals surface area contributed by atoms with E-state index in [9.17, 15) is 14.0 Å². The van der Waals surface area contributed by atoms with Crippen molar-refractivity contribution in [2.45, 2.75) is 25.7 Å². The van der Waals surface area contributed by atoms with Gasteiger partial charge < -0.3 is 15.0 Å². The van der Waals surface area contributed by atoms with Crippen molar-refractivity contribution in [3.05, 3.63) is 102 Å².